The van der Waals surface area contributed by atoms with E-state index in [2.05, 4.69) is 5.32 Å². The summed E-state index contributed by atoms with van der Waals surface area (Å²) in [5, 5.41) is 30.7. The van der Waals surface area contributed by atoms with Crippen LogP contribution in [0.25, 0.3) is 0 Å². The number of benzene rings is 2. The van der Waals surface area contributed by atoms with Gasteiger partial charge in [-0.25, -0.2) is 4.79 Å². The Labute approximate surface area is 141 Å². The fraction of sp³-hybridized carbons (Fsp3) is 0.0667. The van der Waals surface area contributed by atoms with Crippen molar-refractivity contribution in [1.29, 1.82) is 0 Å². The third-order valence-electron chi connectivity index (χ3n) is 3.16. The molecular formula is C15H13NO8S. The molecule has 10 heteroatoms. The molecule has 0 heterocycles. The molecule has 2 rings (SSSR count). The molecule has 0 atom stereocenters. The van der Waals surface area contributed by atoms with Crippen molar-refractivity contribution in [2.24, 2.45) is 0 Å². The first-order valence-electron chi connectivity index (χ1n) is 6.69. The predicted octanol–water partition coefficient (Wildman–Crippen LogP) is 1.60. The van der Waals surface area contributed by atoms with Crippen LogP contribution in [0.4, 0.5) is 5.69 Å². The van der Waals surface area contributed by atoms with Crippen LogP contribution in [0.1, 0.15) is 26.3 Å². The van der Waals surface area contributed by atoms with Gasteiger partial charge < -0.3 is 20.6 Å². The van der Waals surface area contributed by atoms with Crippen LogP contribution in [0.5, 0.6) is 11.5 Å². The molecule has 0 aliphatic carbocycles. The molecule has 0 fully saturated rings. The lowest BCUT2D eigenvalue weighted by molar-refractivity contribution is 0.0696. The molecule has 1 amide bonds. The summed E-state index contributed by atoms with van der Waals surface area (Å²) in [7, 11) is -4.88. The van der Waals surface area contributed by atoms with E-state index < -0.39 is 44.0 Å². The Balaban J connectivity index is 2.46. The third kappa shape index (κ3) is 4.05. The third-order valence-corrected chi connectivity index (χ3v) is 4.03. The molecule has 0 radical (unpaired) electrons. The molecule has 25 heavy (non-hydrogen) atoms. The summed E-state index contributed by atoms with van der Waals surface area (Å²) in [6, 6.07) is 5.37. The van der Waals surface area contributed by atoms with Gasteiger partial charge in [-0.05, 0) is 36.8 Å². The highest BCUT2D eigenvalue weighted by Gasteiger charge is 2.23. The molecular weight excluding hydrogens is 354 g/mol. The van der Waals surface area contributed by atoms with Crippen LogP contribution in [0.3, 0.4) is 0 Å². The SMILES string of the molecule is Cc1cc(NC(=O)c2cc(O)cc(S(=O)(=O)O)c2O)cc(C(=O)O)c1. The second-order valence-corrected chi connectivity index (χ2v) is 6.55. The highest BCUT2D eigenvalue weighted by molar-refractivity contribution is 7.86. The highest BCUT2D eigenvalue weighted by Crippen LogP contribution is 2.32. The summed E-state index contributed by atoms with van der Waals surface area (Å²) in [5.41, 5.74) is -0.0902. The van der Waals surface area contributed by atoms with Crippen molar-refractivity contribution in [3.8, 4) is 11.5 Å². The molecule has 0 aliphatic heterocycles. The number of aromatic hydroxyl groups is 2. The number of hydrogen-bond donors (Lipinski definition) is 5. The number of phenolic OH excluding ortho intramolecular Hbond substituents is 2. The number of carboxylic acid groups (broad SMARTS) is 1. The monoisotopic (exact) mass is 367 g/mol. The first-order chi connectivity index (χ1) is 11.5. The predicted molar refractivity (Wildman–Crippen MR) is 85.7 cm³/mol. The fourth-order valence-corrected chi connectivity index (χ4v) is 2.76. The van der Waals surface area contributed by atoms with E-state index in [0.717, 1.165) is 12.1 Å². The van der Waals surface area contributed by atoms with Crippen LogP contribution in [0, 0.1) is 6.92 Å². The molecule has 0 unspecified atom stereocenters. The van der Waals surface area contributed by atoms with E-state index in [1.807, 2.05) is 0 Å². The van der Waals surface area contributed by atoms with Gasteiger partial charge in [-0.15, -0.1) is 0 Å². The summed E-state index contributed by atoms with van der Waals surface area (Å²) >= 11 is 0. The molecule has 0 aliphatic rings. The summed E-state index contributed by atoms with van der Waals surface area (Å²) in [4.78, 5) is 22.3. The van der Waals surface area contributed by atoms with Gasteiger partial charge >= 0.3 is 5.97 Å². The highest BCUT2D eigenvalue weighted by atomic mass is 32.2. The van der Waals surface area contributed by atoms with Crippen molar-refractivity contribution >= 4 is 27.7 Å². The molecule has 0 aromatic heterocycles. The van der Waals surface area contributed by atoms with Crippen molar-refractivity contribution in [2.75, 3.05) is 5.32 Å². The largest absolute Gasteiger partial charge is 0.508 e. The molecule has 0 bridgehead atoms. The Bertz CT molecular complexity index is 981. The summed E-state index contributed by atoms with van der Waals surface area (Å²) in [6.07, 6.45) is 0. The Morgan fingerprint density at radius 3 is 2.24 bits per heavy atom. The number of anilines is 1. The van der Waals surface area contributed by atoms with E-state index in [1.54, 1.807) is 6.92 Å². The molecule has 0 spiro atoms. The van der Waals surface area contributed by atoms with Gasteiger partial charge in [-0.1, -0.05) is 0 Å². The van der Waals surface area contributed by atoms with Crippen molar-refractivity contribution in [2.45, 2.75) is 11.8 Å². The van der Waals surface area contributed by atoms with Crippen LogP contribution >= 0.6 is 0 Å². The normalized spacial score (nSPS) is 11.1. The second kappa shape index (κ2) is 6.42. The van der Waals surface area contributed by atoms with Crippen LogP contribution in [-0.2, 0) is 10.1 Å². The minimum absolute atomic E-state index is 0.0820. The number of nitrogens with one attached hydrogen (secondary N) is 1. The molecule has 132 valence electrons. The molecule has 2 aromatic rings. The van der Waals surface area contributed by atoms with E-state index in [-0.39, 0.29) is 11.3 Å². The number of aromatic carboxylic acids is 1. The van der Waals surface area contributed by atoms with E-state index >= 15 is 0 Å². The average molecular weight is 367 g/mol. The minimum atomic E-state index is -4.88. The standard InChI is InChI=1S/C15H13NO8S/c1-7-2-8(15(20)21)4-9(3-7)16-14(19)11-5-10(17)6-12(13(11)18)25(22,23)24/h2-6,17-18H,1H3,(H,16,19)(H,20,21)(H,22,23,24). The number of phenols is 2. The smallest absolute Gasteiger partial charge is 0.335 e. The molecule has 5 N–H and O–H groups in total. The fourth-order valence-electron chi connectivity index (χ4n) is 2.14. The number of carbonyl (C=O) groups excluding carboxylic acids is 1. The van der Waals surface area contributed by atoms with Gasteiger partial charge in [0.05, 0.1) is 11.1 Å². The van der Waals surface area contributed by atoms with Gasteiger partial charge in [0.15, 0.2) is 0 Å². The Morgan fingerprint density at radius 2 is 1.68 bits per heavy atom. The van der Waals surface area contributed by atoms with Crippen molar-refractivity contribution in [3.63, 3.8) is 0 Å². The van der Waals surface area contributed by atoms with Crippen molar-refractivity contribution in [3.05, 3.63) is 47.0 Å². The first-order valence-corrected chi connectivity index (χ1v) is 8.13. The summed E-state index contributed by atoms with van der Waals surface area (Å²) < 4.78 is 31.4. The van der Waals surface area contributed by atoms with E-state index in [4.69, 9.17) is 9.66 Å². The lowest BCUT2D eigenvalue weighted by Crippen LogP contribution is -2.14. The van der Waals surface area contributed by atoms with Crippen LogP contribution < -0.4 is 5.32 Å². The Hall–Kier alpha value is -3.11. The number of hydrogen-bond acceptors (Lipinski definition) is 6. The maximum absolute atomic E-state index is 12.3. The van der Waals surface area contributed by atoms with Gasteiger partial charge in [0.1, 0.15) is 16.4 Å². The zero-order chi connectivity index (χ0) is 18.9. The molecule has 2 aromatic carbocycles. The van der Waals surface area contributed by atoms with E-state index in [1.165, 1.54) is 12.1 Å². The molecule has 0 saturated carbocycles. The van der Waals surface area contributed by atoms with Gasteiger partial charge in [0.2, 0.25) is 0 Å². The number of aryl methyl sites for hydroxylation is 1. The minimum Gasteiger partial charge on any atom is -0.508 e. The number of carboxylic acids is 1. The summed E-state index contributed by atoms with van der Waals surface area (Å²) in [6.45, 7) is 1.60. The van der Waals surface area contributed by atoms with Gasteiger partial charge in [-0.3, -0.25) is 9.35 Å². The Morgan fingerprint density at radius 1 is 1.04 bits per heavy atom. The van der Waals surface area contributed by atoms with Crippen LogP contribution in [0.2, 0.25) is 0 Å². The maximum atomic E-state index is 12.3. The lowest BCUT2D eigenvalue weighted by Gasteiger charge is -2.11. The van der Waals surface area contributed by atoms with E-state index in [9.17, 15) is 28.2 Å². The van der Waals surface area contributed by atoms with Crippen molar-refractivity contribution in [1.82, 2.24) is 0 Å². The molecule has 0 saturated heterocycles. The van der Waals surface area contributed by atoms with E-state index in [0.29, 0.717) is 11.6 Å². The van der Waals surface area contributed by atoms with Gasteiger partial charge in [0.25, 0.3) is 16.0 Å². The zero-order valence-corrected chi connectivity index (χ0v) is 13.5. The number of rotatable bonds is 4. The topological polar surface area (TPSA) is 161 Å². The average Bonchev–Trinajstić information content (AvgIpc) is 2.47. The maximum Gasteiger partial charge on any atom is 0.335 e. The Kier molecular flexibility index (Phi) is 4.68. The second-order valence-electron chi connectivity index (χ2n) is 5.16. The van der Waals surface area contributed by atoms with Gasteiger partial charge in [0, 0.05) is 11.8 Å². The van der Waals surface area contributed by atoms with Crippen LogP contribution in [0.15, 0.2) is 35.2 Å². The van der Waals surface area contributed by atoms with Crippen LogP contribution in [-0.4, -0.2) is 40.2 Å². The quantitative estimate of drug-likeness (QED) is 0.402. The van der Waals surface area contributed by atoms with Gasteiger partial charge in [-0.2, -0.15) is 8.42 Å². The molecule has 9 nitrogen and oxygen atoms in total. The number of carbonyl (C=O) groups is 2. The summed E-state index contributed by atoms with van der Waals surface area (Å²) in [5.74, 6) is -3.96. The lowest BCUT2D eigenvalue weighted by atomic mass is 10.1. The van der Waals surface area contributed by atoms with Crippen molar-refractivity contribution < 1.29 is 37.9 Å². The number of amides is 1. The zero-order valence-electron chi connectivity index (χ0n) is 12.7. The first kappa shape index (κ1) is 18.2.